The van der Waals surface area contributed by atoms with Crippen molar-refractivity contribution in [1.82, 2.24) is 14.9 Å². The molecule has 176 valence electrons. The van der Waals surface area contributed by atoms with Crippen LogP contribution in [0.5, 0.6) is 0 Å². The first-order chi connectivity index (χ1) is 15.0. The highest BCUT2D eigenvalue weighted by Crippen LogP contribution is 2.36. The first-order valence-electron chi connectivity index (χ1n) is 12.2. The highest BCUT2D eigenvalue weighted by Gasteiger charge is 2.25. The summed E-state index contributed by atoms with van der Waals surface area (Å²) in [5.74, 6) is 3.23. The van der Waals surface area contributed by atoms with Gasteiger partial charge >= 0.3 is 0 Å². The highest BCUT2D eigenvalue weighted by atomic mass is 32.2. The standard InChI is InChI=1S/C22H33N3OS.2C2H6/c1-15(23-11-12-27-4)17-7-5-6-8-18(13-17)19-9-10-20-21(14-19)24-16(2)25(3)22(20)26;2*1-2/h9-10,14-15,17-18,23H,5-8,11-13H2,1-4H3;2*1-2H3. The van der Waals surface area contributed by atoms with Crippen molar-refractivity contribution >= 4 is 22.7 Å². The van der Waals surface area contributed by atoms with Crippen LogP contribution in [0.15, 0.2) is 23.0 Å². The van der Waals surface area contributed by atoms with Crippen LogP contribution in [0.2, 0.25) is 0 Å². The summed E-state index contributed by atoms with van der Waals surface area (Å²) in [4.78, 5) is 17.1. The minimum Gasteiger partial charge on any atom is -0.313 e. The van der Waals surface area contributed by atoms with E-state index in [1.807, 2.05) is 52.4 Å². The number of nitrogens with zero attached hydrogens (tertiary/aromatic N) is 2. The number of aryl methyl sites for hydroxylation is 1. The summed E-state index contributed by atoms with van der Waals surface area (Å²) in [6, 6.07) is 6.88. The average molecular weight is 448 g/mol. The molecule has 0 spiro atoms. The van der Waals surface area contributed by atoms with Gasteiger partial charge in [-0.3, -0.25) is 9.36 Å². The molecule has 31 heavy (non-hydrogen) atoms. The average Bonchev–Trinajstić information content (AvgIpc) is 3.06. The van der Waals surface area contributed by atoms with Gasteiger partial charge in [-0.1, -0.05) is 46.6 Å². The van der Waals surface area contributed by atoms with E-state index >= 15 is 0 Å². The summed E-state index contributed by atoms with van der Waals surface area (Å²) >= 11 is 1.90. The van der Waals surface area contributed by atoms with Crippen LogP contribution in [-0.4, -0.2) is 34.1 Å². The first kappa shape index (κ1) is 27.7. The van der Waals surface area contributed by atoms with Crippen LogP contribution in [0, 0.1) is 12.8 Å². The van der Waals surface area contributed by atoms with Gasteiger partial charge in [0.25, 0.3) is 5.56 Å². The van der Waals surface area contributed by atoms with E-state index < -0.39 is 0 Å². The van der Waals surface area contributed by atoms with Gasteiger partial charge in [0.05, 0.1) is 10.9 Å². The molecule has 1 heterocycles. The molecule has 0 radical (unpaired) electrons. The molecular formula is C26H45N3OS. The number of aromatic nitrogens is 2. The molecule has 2 aromatic rings. The maximum absolute atomic E-state index is 12.5. The Morgan fingerprint density at radius 3 is 2.55 bits per heavy atom. The lowest BCUT2D eigenvalue weighted by Crippen LogP contribution is -2.35. The summed E-state index contributed by atoms with van der Waals surface area (Å²) in [6.45, 7) is 13.3. The topological polar surface area (TPSA) is 46.9 Å². The molecule has 3 atom stereocenters. The second-order valence-corrected chi connectivity index (χ2v) is 9.00. The zero-order valence-electron chi connectivity index (χ0n) is 21.1. The number of fused-ring (bicyclic) bond motifs is 1. The van der Waals surface area contributed by atoms with Crippen molar-refractivity contribution < 1.29 is 0 Å². The van der Waals surface area contributed by atoms with Gasteiger partial charge in [-0.25, -0.2) is 4.98 Å². The summed E-state index contributed by atoms with van der Waals surface area (Å²) in [7, 11) is 1.79. The van der Waals surface area contributed by atoms with E-state index in [2.05, 4.69) is 35.6 Å². The summed E-state index contributed by atoms with van der Waals surface area (Å²) in [5.41, 5.74) is 2.25. The molecule has 1 aromatic carbocycles. The minimum atomic E-state index is 0.0504. The Hall–Kier alpha value is -1.33. The quantitative estimate of drug-likeness (QED) is 0.417. The number of hydrogen-bond donors (Lipinski definition) is 1. The summed E-state index contributed by atoms with van der Waals surface area (Å²) < 4.78 is 1.63. The molecule has 1 aromatic heterocycles. The Morgan fingerprint density at radius 1 is 1.19 bits per heavy atom. The smallest absolute Gasteiger partial charge is 0.261 e. The third kappa shape index (κ3) is 7.64. The van der Waals surface area contributed by atoms with Crippen molar-refractivity contribution in [2.24, 2.45) is 13.0 Å². The van der Waals surface area contributed by atoms with Gasteiger partial charge in [-0.2, -0.15) is 11.8 Å². The van der Waals surface area contributed by atoms with Crippen LogP contribution in [-0.2, 0) is 7.05 Å². The Labute approximate surface area is 194 Å². The zero-order chi connectivity index (χ0) is 23.4. The number of thioether (sulfide) groups is 1. The molecule has 5 heteroatoms. The normalized spacial score (nSPS) is 19.5. The van der Waals surface area contributed by atoms with Crippen LogP contribution in [0.1, 0.15) is 84.0 Å². The molecule has 3 rings (SSSR count). The van der Waals surface area contributed by atoms with E-state index in [-0.39, 0.29) is 5.56 Å². The van der Waals surface area contributed by atoms with Crippen LogP contribution >= 0.6 is 11.8 Å². The van der Waals surface area contributed by atoms with Crippen LogP contribution in [0.3, 0.4) is 0 Å². The molecule has 0 saturated heterocycles. The molecule has 0 bridgehead atoms. The molecule has 1 aliphatic carbocycles. The SMILES string of the molecule is CC.CC.CSCCNC(C)C1CCCCC(c2ccc3c(=O)n(C)c(C)nc3c2)C1. The number of hydrogen-bond acceptors (Lipinski definition) is 4. The van der Waals surface area contributed by atoms with Crippen molar-refractivity contribution in [2.45, 2.75) is 85.6 Å². The van der Waals surface area contributed by atoms with E-state index in [0.29, 0.717) is 17.9 Å². The Morgan fingerprint density at radius 2 is 1.87 bits per heavy atom. The van der Waals surface area contributed by atoms with Crippen molar-refractivity contribution in [2.75, 3.05) is 18.6 Å². The number of benzene rings is 1. The van der Waals surface area contributed by atoms with E-state index in [4.69, 9.17) is 0 Å². The Kier molecular flexibility index (Phi) is 13.1. The molecule has 4 nitrogen and oxygen atoms in total. The minimum absolute atomic E-state index is 0.0504. The van der Waals surface area contributed by atoms with Gasteiger partial charge < -0.3 is 5.32 Å². The van der Waals surface area contributed by atoms with Gasteiger partial charge in [0.15, 0.2) is 0 Å². The fourth-order valence-electron chi connectivity index (χ4n) is 4.36. The van der Waals surface area contributed by atoms with Crippen molar-refractivity contribution in [1.29, 1.82) is 0 Å². The number of rotatable bonds is 6. The lowest BCUT2D eigenvalue weighted by molar-refractivity contribution is 0.331. The fourth-order valence-corrected chi connectivity index (χ4v) is 4.69. The van der Waals surface area contributed by atoms with E-state index in [1.54, 1.807) is 11.6 Å². The van der Waals surface area contributed by atoms with Gasteiger partial charge in [0.2, 0.25) is 0 Å². The van der Waals surface area contributed by atoms with E-state index in [0.717, 1.165) is 23.3 Å². The first-order valence-corrected chi connectivity index (χ1v) is 13.6. The molecular weight excluding hydrogens is 402 g/mol. The Balaban J connectivity index is 0.00000113. The summed E-state index contributed by atoms with van der Waals surface area (Å²) in [5, 5.41) is 4.45. The fraction of sp³-hybridized carbons (Fsp3) is 0.692. The van der Waals surface area contributed by atoms with Crippen LogP contribution in [0.25, 0.3) is 10.9 Å². The number of nitrogens with one attached hydrogen (secondary N) is 1. The monoisotopic (exact) mass is 447 g/mol. The van der Waals surface area contributed by atoms with E-state index in [9.17, 15) is 4.79 Å². The molecule has 1 N–H and O–H groups in total. The second kappa shape index (κ2) is 14.7. The molecule has 1 fully saturated rings. The molecule has 1 aliphatic rings. The van der Waals surface area contributed by atoms with E-state index in [1.165, 1.54) is 43.4 Å². The lowest BCUT2D eigenvalue weighted by atomic mass is 9.84. The van der Waals surface area contributed by atoms with Gasteiger partial charge in [-0.05, 0) is 68.9 Å². The van der Waals surface area contributed by atoms with Gasteiger partial charge in [-0.15, -0.1) is 0 Å². The molecule has 3 unspecified atom stereocenters. The molecule has 1 saturated carbocycles. The molecule has 0 aliphatic heterocycles. The third-order valence-corrected chi connectivity index (χ3v) is 6.85. The lowest BCUT2D eigenvalue weighted by Gasteiger charge is -2.27. The van der Waals surface area contributed by atoms with Gasteiger partial charge in [0, 0.05) is 25.4 Å². The second-order valence-electron chi connectivity index (χ2n) is 8.01. The van der Waals surface area contributed by atoms with Crippen LogP contribution in [0.4, 0.5) is 0 Å². The Bertz CT molecular complexity index is 833. The van der Waals surface area contributed by atoms with Crippen molar-refractivity contribution in [3.05, 3.63) is 39.9 Å². The largest absolute Gasteiger partial charge is 0.313 e. The summed E-state index contributed by atoms with van der Waals surface area (Å²) in [6.07, 6.45) is 8.55. The third-order valence-electron chi connectivity index (χ3n) is 6.24. The molecule has 0 amide bonds. The van der Waals surface area contributed by atoms with Crippen molar-refractivity contribution in [3.8, 4) is 0 Å². The zero-order valence-corrected chi connectivity index (χ0v) is 21.9. The maximum Gasteiger partial charge on any atom is 0.261 e. The predicted molar refractivity (Wildman–Crippen MR) is 140 cm³/mol. The highest BCUT2D eigenvalue weighted by molar-refractivity contribution is 7.98. The van der Waals surface area contributed by atoms with Gasteiger partial charge in [0.1, 0.15) is 5.82 Å². The van der Waals surface area contributed by atoms with Crippen LogP contribution < -0.4 is 10.9 Å². The van der Waals surface area contributed by atoms with Crippen molar-refractivity contribution in [3.63, 3.8) is 0 Å². The maximum atomic E-state index is 12.5. The predicted octanol–water partition coefficient (Wildman–Crippen LogP) is 6.30.